The molecular formula is C16H21N3O2. The number of rotatable bonds is 5. The van der Waals surface area contributed by atoms with Crippen molar-refractivity contribution in [2.45, 2.75) is 12.8 Å². The molecule has 0 unspecified atom stereocenters. The van der Waals surface area contributed by atoms with Gasteiger partial charge in [0, 0.05) is 39.1 Å². The Balaban J connectivity index is 1.67. The van der Waals surface area contributed by atoms with Gasteiger partial charge < -0.3 is 9.64 Å². The van der Waals surface area contributed by atoms with Crippen LogP contribution in [0.3, 0.4) is 0 Å². The molecule has 3 rings (SSSR count). The maximum absolute atomic E-state index is 12.0. The fourth-order valence-electron chi connectivity index (χ4n) is 3.08. The highest BCUT2D eigenvalue weighted by atomic mass is 16.5. The number of ether oxygens (including phenoxy) is 1. The summed E-state index contributed by atoms with van der Waals surface area (Å²) in [6.07, 6.45) is 3.48. The lowest BCUT2D eigenvalue weighted by Crippen LogP contribution is -2.28. The summed E-state index contributed by atoms with van der Waals surface area (Å²) < 4.78 is 6.93. The molecule has 1 aromatic carbocycles. The van der Waals surface area contributed by atoms with E-state index in [1.165, 1.54) is 5.56 Å². The number of hydrogen-bond acceptors (Lipinski definition) is 3. The molecule has 0 radical (unpaired) electrons. The predicted molar refractivity (Wildman–Crippen MR) is 81.0 cm³/mol. The van der Waals surface area contributed by atoms with Crippen LogP contribution in [0.5, 0.6) is 0 Å². The minimum Gasteiger partial charge on any atom is -0.383 e. The second kappa shape index (κ2) is 5.85. The summed E-state index contributed by atoms with van der Waals surface area (Å²) in [4.78, 5) is 13.9. The van der Waals surface area contributed by atoms with Gasteiger partial charge in [-0.3, -0.25) is 9.48 Å². The zero-order valence-corrected chi connectivity index (χ0v) is 12.6. The first kappa shape index (κ1) is 14.1. The lowest BCUT2D eigenvalue weighted by Gasteiger charge is -2.16. The smallest absolute Gasteiger partial charge is 0.223 e. The summed E-state index contributed by atoms with van der Waals surface area (Å²) in [6, 6.07) is 6.44. The van der Waals surface area contributed by atoms with Gasteiger partial charge in [0.15, 0.2) is 0 Å². The zero-order valence-electron chi connectivity index (χ0n) is 12.6. The van der Waals surface area contributed by atoms with Gasteiger partial charge in [0.2, 0.25) is 5.91 Å². The van der Waals surface area contributed by atoms with E-state index in [4.69, 9.17) is 4.74 Å². The van der Waals surface area contributed by atoms with E-state index in [9.17, 15) is 4.79 Å². The lowest BCUT2D eigenvalue weighted by molar-refractivity contribution is -0.128. The van der Waals surface area contributed by atoms with Gasteiger partial charge >= 0.3 is 0 Å². The van der Waals surface area contributed by atoms with Crippen LogP contribution in [0.25, 0.3) is 10.9 Å². The first-order valence-corrected chi connectivity index (χ1v) is 7.34. The summed E-state index contributed by atoms with van der Waals surface area (Å²) in [5.74, 6) is 0.656. The molecule has 5 nitrogen and oxygen atoms in total. The average Bonchev–Trinajstić information content (AvgIpc) is 3.00. The summed E-state index contributed by atoms with van der Waals surface area (Å²) >= 11 is 0. The first-order valence-electron chi connectivity index (χ1n) is 7.34. The Morgan fingerprint density at radius 3 is 3.10 bits per heavy atom. The molecule has 1 atom stereocenters. The molecule has 1 fully saturated rings. The van der Waals surface area contributed by atoms with Gasteiger partial charge in [0.25, 0.3) is 0 Å². The highest BCUT2D eigenvalue weighted by Crippen LogP contribution is 2.23. The fourth-order valence-corrected chi connectivity index (χ4v) is 3.08. The number of hydrogen-bond donors (Lipinski definition) is 0. The largest absolute Gasteiger partial charge is 0.383 e. The third kappa shape index (κ3) is 2.93. The summed E-state index contributed by atoms with van der Waals surface area (Å²) in [5.41, 5.74) is 2.42. The third-order valence-electron chi connectivity index (χ3n) is 4.19. The Labute approximate surface area is 124 Å². The van der Waals surface area contributed by atoms with Crippen LogP contribution in [0.1, 0.15) is 12.0 Å². The minimum absolute atomic E-state index is 0.250. The van der Waals surface area contributed by atoms with Gasteiger partial charge in [-0.1, -0.05) is 6.07 Å². The number of carbonyl (C=O) groups is 1. The van der Waals surface area contributed by atoms with E-state index in [-0.39, 0.29) is 5.91 Å². The van der Waals surface area contributed by atoms with E-state index < -0.39 is 0 Å². The molecule has 0 bridgehead atoms. The van der Waals surface area contributed by atoms with Crippen LogP contribution >= 0.6 is 0 Å². The lowest BCUT2D eigenvalue weighted by atomic mass is 9.98. The van der Waals surface area contributed by atoms with Gasteiger partial charge in [-0.2, -0.15) is 5.10 Å². The normalized spacial score (nSPS) is 18.9. The molecule has 0 spiro atoms. The maximum Gasteiger partial charge on any atom is 0.223 e. The van der Waals surface area contributed by atoms with Crippen LogP contribution < -0.4 is 0 Å². The molecule has 0 saturated carbocycles. The van der Waals surface area contributed by atoms with Crippen LogP contribution in [0.15, 0.2) is 24.4 Å². The fraction of sp³-hybridized carbons (Fsp3) is 0.500. The molecule has 2 aromatic rings. The van der Waals surface area contributed by atoms with E-state index >= 15 is 0 Å². The first-order chi connectivity index (χ1) is 10.2. The molecule has 1 saturated heterocycles. The Bertz CT molecular complexity index is 650. The van der Waals surface area contributed by atoms with Crippen LogP contribution in [0, 0.1) is 5.92 Å². The topological polar surface area (TPSA) is 47.4 Å². The Morgan fingerprint density at radius 2 is 2.29 bits per heavy atom. The van der Waals surface area contributed by atoms with Crippen molar-refractivity contribution in [3.63, 3.8) is 0 Å². The maximum atomic E-state index is 12.0. The Hall–Kier alpha value is -1.88. The van der Waals surface area contributed by atoms with Crippen molar-refractivity contribution >= 4 is 16.8 Å². The predicted octanol–water partition coefficient (Wildman–Crippen LogP) is 1.61. The number of fused-ring (bicyclic) bond motifs is 1. The Morgan fingerprint density at radius 1 is 1.43 bits per heavy atom. The molecular weight excluding hydrogens is 266 g/mol. The van der Waals surface area contributed by atoms with Crippen LogP contribution in [-0.4, -0.2) is 47.4 Å². The standard InChI is InChI=1S/C16H21N3O2/c1-18-15-4-3-12(8-14(15)10-17-18)7-13-9-16(20)19(11-13)5-6-21-2/h3-4,8,10,13H,5-7,9,11H2,1-2H3/t13-/m0/s1. The zero-order chi connectivity index (χ0) is 14.8. The Kier molecular flexibility index (Phi) is 3.92. The monoisotopic (exact) mass is 287 g/mol. The van der Waals surface area contributed by atoms with Gasteiger partial charge in [0.05, 0.1) is 18.3 Å². The number of aromatic nitrogens is 2. The van der Waals surface area contributed by atoms with E-state index in [1.807, 2.05) is 22.8 Å². The van der Waals surface area contributed by atoms with Crippen molar-refractivity contribution < 1.29 is 9.53 Å². The van der Waals surface area contributed by atoms with Gasteiger partial charge in [-0.15, -0.1) is 0 Å². The molecule has 1 aromatic heterocycles. The van der Waals surface area contributed by atoms with Gasteiger partial charge in [0.1, 0.15) is 0 Å². The SMILES string of the molecule is COCCN1C[C@@H](Cc2ccc3c(cnn3C)c2)CC1=O. The molecule has 21 heavy (non-hydrogen) atoms. The number of likely N-dealkylation sites (tertiary alicyclic amines) is 1. The van der Waals surface area contributed by atoms with Gasteiger partial charge in [-0.05, 0) is 30.0 Å². The van der Waals surface area contributed by atoms with Crippen molar-refractivity contribution in [2.24, 2.45) is 13.0 Å². The summed E-state index contributed by atoms with van der Waals surface area (Å²) in [6.45, 7) is 2.15. The molecule has 1 aliphatic heterocycles. The highest BCUT2D eigenvalue weighted by molar-refractivity contribution is 5.80. The summed E-state index contributed by atoms with van der Waals surface area (Å²) in [5, 5.41) is 5.43. The van der Waals surface area contributed by atoms with Crippen molar-refractivity contribution in [1.82, 2.24) is 14.7 Å². The number of aryl methyl sites for hydroxylation is 1. The molecule has 112 valence electrons. The summed E-state index contributed by atoms with van der Waals surface area (Å²) in [7, 11) is 3.62. The second-order valence-electron chi connectivity index (χ2n) is 5.77. The molecule has 2 heterocycles. The van der Waals surface area contributed by atoms with Crippen molar-refractivity contribution in [1.29, 1.82) is 0 Å². The minimum atomic E-state index is 0.250. The highest BCUT2D eigenvalue weighted by Gasteiger charge is 2.29. The number of benzene rings is 1. The second-order valence-corrected chi connectivity index (χ2v) is 5.77. The molecule has 1 amide bonds. The van der Waals surface area contributed by atoms with Crippen molar-refractivity contribution in [3.8, 4) is 0 Å². The van der Waals surface area contributed by atoms with Crippen molar-refractivity contribution in [2.75, 3.05) is 26.8 Å². The molecule has 1 aliphatic rings. The quantitative estimate of drug-likeness (QED) is 0.839. The molecule has 5 heteroatoms. The number of nitrogens with zero attached hydrogens (tertiary/aromatic N) is 3. The number of methoxy groups -OCH3 is 1. The van der Waals surface area contributed by atoms with Gasteiger partial charge in [-0.25, -0.2) is 0 Å². The number of amides is 1. The van der Waals surface area contributed by atoms with Crippen molar-refractivity contribution in [3.05, 3.63) is 30.0 Å². The number of carbonyl (C=O) groups excluding carboxylic acids is 1. The van der Waals surface area contributed by atoms with Crippen LogP contribution in [-0.2, 0) is 23.0 Å². The van der Waals surface area contributed by atoms with E-state index in [1.54, 1.807) is 7.11 Å². The van der Waals surface area contributed by atoms with E-state index in [0.29, 0.717) is 25.5 Å². The van der Waals surface area contributed by atoms with Crippen LogP contribution in [0.2, 0.25) is 0 Å². The third-order valence-corrected chi connectivity index (χ3v) is 4.19. The van der Waals surface area contributed by atoms with Crippen LogP contribution in [0.4, 0.5) is 0 Å². The van der Waals surface area contributed by atoms with E-state index in [2.05, 4.69) is 23.3 Å². The molecule has 0 N–H and O–H groups in total. The van der Waals surface area contributed by atoms with E-state index in [0.717, 1.165) is 23.9 Å². The molecule has 0 aliphatic carbocycles. The average molecular weight is 287 g/mol.